The largest absolute Gasteiger partial charge is 0.398 e. The first-order chi connectivity index (χ1) is 17.5. The first kappa shape index (κ1) is 26.7. The molecule has 7 nitrogen and oxygen atoms in total. The van der Waals surface area contributed by atoms with Gasteiger partial charge in [-0.25, -0.2) is 14.4 Å². The van der Waals surface area contributed by atoms with Crippen LogP contribution in [0.5, 0.6) is 0 Å². The van der Waals surface area contributed by atoms with Gasteiger partial charge in [-0.3, -0.25) is 14.5 Å². The summed E-state index contributed by atoms with van der Waals surface area (Å²) in [4.78, 5) is 34.4. The van der Waals surface area contributed by atoms with Gasteiger partial charge in [0.1, 0.15) is 11.6 Å². The van der Waals surface area contributed by atoms with Gasteiger partial charge in [-0.05, 0) is 75.4 Å². The van der Waals surface area contributed by atoms with Gasteiger partial charge in [-0.2, -0.15) is 13.2 Å². The second kappa shape index (κ2) is 10.6. The zero-order chi connectivity index (χ0) is 26.8. The lowest BCUT2D eigenvalue weighted by atomic mass is 9.89. The van der Waals surface area contributed by atoms with Gasteiger partial charge >= 0.3 is 6.18 Å². The number of nitrogens with zero attached hydrogens (tertiary/aromatic N) is 3. The molecule has 37 heavy (non-hydrogen) atoms. The molecule has 3 N–H and O–H groups in total. The number of halogens is 4. The minimum absolute atomic E-state index is 0.104. The summed E-state index contributed by atoms with van der Waals surface area (Å²) in [7, 11) is 0. The summed E-state index contributed by atoms with van der Waals surface area (Å²) in [6, 6.07) is 3.99. The predicted octanol–water partition coefficient (Wildman–Crippen LogP) is 3.57. The van der Waals surface area contributed by atoms with Crippen LogP contribution in [0.2, 0.25) is 0 Å². The molecule has 11 heteroatoms. The monoisotopic (exact) mass is 519 g/mol. The van der Waals surface area contributed by atoms with E-state index < -0.39 is 29.2 Å². The minimum atomic E-state index is -4.51. The molecular weight excluding hydrogens is 490 g/mol. The van der Waals surface area contributed by atoms with E-state index in [-0.39, 0.29) is 42.1 Å². The van der Waals surface area contributed by atoms with Crippen LogP contribution in [0.1, 0.15) is 53.0 Å². The highest BCUT2D eigenvalue weighted by atomic mass is 19.4. The SMILES string of the molecule is Cc1ncc(/C(=C/C(=O)NC[C@H](Cc2ccc(C(N)=O)c(F)c2)N2CCCC2)C2(C(F)(F)F)CC2)cn1. The fourth-order valence-electron chi connectivity index (χ4n) is 4.86. The predicted molar refractivity (Wildman–Crippen MR) is 129 cm³/mol. The van der Waals surface area contributed by atoms with Gasteiger partial charge in [0.25, 0.3) is 5.91 Å². The molecule has 2 amide bonds. The van der Waals surface area contributed by atoms with Crippen LogP contribution in [0.15, 0.2) is 36.7 Å². The quantitative estimate of drug-likeness (QED) is 0.390. The Morgan fingerprint density at radius 3 is 2.38 bits per heavy atom. The summed E-state index contributed by atoms with van der Waals surface area (Å²) in [5, 5.41) is 2.75. The molecular formula is C26H29F4N5O2. The van der Waals surface area contributed by atoms with Gasteiger partial charge in [0.05, 0.1) is 11.0 Å². The van der Waals surface area contributed by atoms with Crippen LogP contribution in [-0.4, -0.2) is 58.5 Å². The third-order valence-electron chi connectivity index (χ3n) is 7.11. The number of hydrogen-bond acceptors (Lipinski definition) is 5. The molecule has 0 unspecified atom stereocenters. The molecule has 2 aliphatic rings. The molecule has 198 valence electrons. The first-order valence-corrected chi connectivity index (χ1v) is 12.2. The zero-order valence-corrected chi connectivity index (χ0v) is 20.4. The summed E-state index contributed by atoms with van der Waals surface area (Å²) in [6.07, 6.45) is 1.25. The van der Waals surface area contributed by atoms with Crippen molar-refractivity contribution in [3.8, 4) is 0 Å². The van der Waals surface area contributed by atoms with Gasteiger partial charge in [0, 0.05) is 36.6 Å². The van der Waals surface area contributed by atoms with E-state index in [1.54, 1.807) is 13.0 Å². The van der Waals surface area contributed by atoms with E-state index >= 15 is 0 Å². The third-order valence-corrected chi connectivity index (χ3v) is 7.11. The molecule has 2 aromatic rings. The second-order valence-electron chi connectivity index (χ2n) is 9.68. The molecule has 1 saturated heterocycles. The lowest BCUT2D eigenvalue weighted by Gasteiger charge is -2.28. The molecule has 0 bridgehead atoms. The van der Waals surface area contributed by atoms with E-state index in [2.05, 4.69) is 20.2 Å². The topological polar surface area (TPSA) is 101 Å². The summed E-state index contributed by atoms with van der Waals surface area (Å²) < 4.78 is 56.2. The van der Waals surface area contributed by atoms with Crippen LogP contribution < -0.4 is 11.1 Å². The number of aryl methyl sites for hydroxylation is 1. The minimum Gasteiger partial charge on any atom is -0.366 e. The second-order valence-corrected chi connectivity index (χ2v) is 9.68. The maximum absolute atomic E-state index is 14.3. The van der Waals surface area contributed by atoms with Crippen molar-refractivity contribution < 1.29 is 27.2 Å². The van der Waals surface area contributed by atoms with Crippen molar-refractivity contribution in [3.05, 3.63) is 65.0 Å². The van der Waals surface area contributed by atoms with E-state index in [4.69, 9.17) is 5.73 Å². The number of nitrogens with two attached hydrogens (primary N) is 1. The molecule has 2 heterocycles. The number of carbonyl (C=O) groups excluding carboxylic acids is 2. The molecule has 1 aromatic heterocycles. The number of primary amides is 1. The number of likely N-dealkylation sites (tertiary alicyclic amines) is 1. The number of alkyl halides is 3. The van der Waals surface area contributed by atoms with E-state index in [1.807, 2.05) is 0 Å². The third kappa shape index (κ3) is 5.98. The lowest BCUT2D eigenvalue weighted by Crippen LogP contribution is -2.43. The van der Waals surface area contributed by atoms with Crippen LogP contribution in [0.4, 0.5) is 17.6 Å². The highest BCUT2D eigenvalue weighted by Crippen LogP contribution is 2.64. The molecule has 0 spiro atoms. The van der Waals surface area contributed by atoms with Crippen molar-refractivity contribution in [2.24, 2.45) is 11.1 Å². The van der Waals surface area contributed by atoms with Crippen LogP contribution in [-0.2, 0) is 11.2 Å². The molecule has 2 fully saturated rings. The normalized spacial score (nSPS) is 18.5. The maximum Gasteiger partial charge on any atom is 0.398 e. The van der Waals surface area contributed by atoms with Crippen molar-refractivity contribution in [1.82, 2.24) is 20.2 Å². The van der Waals surface area contributed by atoms with Gasteiger partial charge < -0.3 is 11.1 Å². The summed E-state index contributed by atoms with van der Waals surface area (Å²) in [5.74, 6) is -1.81. The average Bonchev–Trinajstić information content (AvgIpc) is 3.48. The Morgan fingerprint density at radius 1 is 1.19 bits per heavy atom. The van der Waals surface area contributed by atoms with Crippen LogP contribution in [0.25, 0.3) is 5.57 Å². The Hall–Kier alpha value is -3.34. The lowest BCUT2D eigenvalue weighted by molar-refractivity contribution is -0.168. The number of amides is 2. The molecule has 1 aliphatic carbocycles. The van der Waals surface area contributed by atoms with Crippen LogP contribution >= 0.6 is 0 Å². The Kier molecular flexibility index (Phi) is 7.63. The Labute approximate surface area is 212 Å². The van der Waals surface area contributed by atoms with Crippen molar-refractivity contribution >= 4 is 17.4 Å². The van der Waals surface area contributed by atoms with Crippen molar-refractivity contribution in [3.63, 3.8) is 0 Å². The van der Waals surface area contributed by atoms with Gasteiger partial charge in [-0.1, -0.05) is 6.07 Å². The van der Waals surface area contributed by atoms with E-state index in [1.165, 1.54) is 24.5 Å². The summed E-state index contributed by atoms with van der Waals surface area (Å²) in [5.41, 5.74) is 3.54. The molecule has 4 rings (SSSR count). The van der Waals surface area contributed by atoms with Gasteiger partial charge in [0.2, 0.25) is 5.91 Å². The standard InChI is InChI=1S/C26H29F4N5O2/c1-16-32-13-18(14-33-16)21(25(6-7-25)26(28,29)30)12-23(36)34-15-19(35-8-2-3-9-35)10-17-4-5-20(24(31)37)22(27)11-17/h4-5,11-14,19H,2-3,6-10,15H2,1H3,(H2,31,37)(H,34,36)/b21-12-/t19-/m0/s1. The Morgan fingerprint density at radius 2 is 1.84 bits per heavy atom. The first-order valence-electron chi connectivity index (χ1n) is 12.2. The number of aromatic nitrogens is 2. The van der Waals surface area contributed by atoms with Crippen molar-refractivity contribution in [1.29, 1.82) is 0 Å². The van der Waals surface area contributed by atoms with E-state index in [0.29, 0.717) is 17.8 Å². The highest BCUT2D eigenvalue weighted by molar-refractivity contribution is 5.97. The maximum atomic E-state index is 14.3. The van der Waals surface area contributed by atoms with Crippen molar-refractivity contribution in [2.75, 3.05) is 19.6 Å². The van der Waals surface area contributed by atoms with E-state index in [9.17, 15) is 27.2 Å². The Balaban J connectivity index is 1.53. The highest BCUT2D eigenvalue weighted by Gasteiger charge is 2.65. The zero-order valence-electron chi connectivity index (χ0n) is 20.4. The molecule has 1 saturated carbocycles. The number of benzene rings is 1. The molecule has 1 aliphatic heterocycles. The fraction of sp³-hybridized carbons (Fsp3) is 0.462. The van der Waals surface area contributed by atoms with Crippen LogP contribution in [0.3, 0.4) is 0 Å². The van der Waals surface area contributed by atoms with Gasteiger partial charge in [0.15, 0.2) is 0 Å². The Bertz CT molecular complexity index is 1190. The molecule has 1 aromatic carbocycles. The number of hydrogen-bond donors (Lipinski definition) is 2. The van der Waals surface area contributed by atoms with Crippen LogP contribution in [0, 0.1) is 18.2 Å². The molecule has 1 atom stereocenters. The summed E-state index contributed by atoms with van der Waals surface area (Å²) in [6.45, 7) is 3.37. The number of rotatable bonds is 9. The smallest absolute Gasteiger partial charge is 0.366 e. The number of carbonyl (C=O) groups is 2. The van der Waals surface area contributed by atoms with Crippen molar-refractivity contribution in [2.45, 2.75) is 51.2 Å². The van der Waals surface area contributed by atoms with E-state index in [0.717, 1.165) is 32.0 Å². The number of nitrogens with one attached hydrogen (secondary N) is 1. The van der Waals surface area contributed by atoms with Gasteiger partial charge in [-0.15, -0.1) is 0 Å². The average molecular weight is 520 g/mol. The number of allylic oxidation sites excluding steroid dienone is 1. The fourth-order valence-corrected chi connectivity index (χ4v) is 4.86. The molecule has 0 radical (unpaired) electrons. The summed E-state index contributed by atoms with van der Waals surface area (Å²) >= 11 is 0.